The molecular formula is C15H22N4O4. The number of nitrogens with zero attached hydrogens (tertiary/aromatic N) is 3. The molecule has 0 aliphatic carbocycles. The van der Waals surface area contributed by atoms with Crippen LogP contribution in [0.5, 0.6) is 5.75 Å². The summed E-state index contributed by atoms with van der Waals surface area (Å²) in [5.74, 6) is 0.0765. The molecule has 0 saturated carbocycles. The molecule has 0 radical (unpaired) electrons. The number of amides is 2. The minimum atomic E-state index is -0.388. The highest BCUT2D eigenvalue weighted by molar-refractivity contribution is 5.78. The van der Waals surface area contributed by atoms with Gasteiger partial charge in [0.2, 0.25) is 5.91 Å². The van der Waals surface area contributed by atoms with Gasteiger partial charge in [0, 0.05) is 25.8 Å². The SMILES string of the molecule is CN(CC(N)=O)C[C@H]1CN(C(=O)COc2cccnc2)CCO1. The second-order valence-electron chi connectivity index (χ2n) is 5.47. The molecule has 1 fully saturated rings. The maximum Gasteiger partial charge on any atom is 0.260 e. The fourth-order valence-corrected chi connectivity index (χ4v) is 2.40. The Kier molecular flexibility index (Phi) is 6.30. The van der Waals surface area contributed by atoms with E-state index in [1.54, 1.807) is 41.4 Å². The van der Waals surface area contributed by atoms with E-state index >= 15 is 0 Å². The molecule has 8 heteroatoms. The molecule has 1 aromatic heterocycles. The lowest BCUT2D eigenvalue weighted by Crippen LogP contribution is -2.51. The van der Waals surface area contributed by atoms with Crippen LogP contribution in [0.15, 0.2) is 24.5 Å². The van der Waals surface area contributed by atoms with Gasteiger partial charge >= 0.3 is 0 Å². The second kappa shape index (κ2) is 8.44. The third-order valence-electron chi connectivity index (χ3n) is 3.43. The quantitative estimate of drug-likeness (QED) is 0.699. The third-order valence-corrected chi connectivity index (χ3v) is 3.43. The summed E-state index contributed by atoms with van der Waals surface area (Å²) in [6.07, 6.45) is 3.06. The molecule has 1 atom stereocenters. The van der Waals surface area contributed by atoms with E-state index in [9.17, 15) is 9.59 Å². The highest BCUT2D eigenvalue weighted by Crippen LogP contribution is 2.09. The highest BCUT2D eigenvalue weighted by atomic mass is 16.5. The summed E-state index contributed by atoms with van der Waals surface area (Å²) in [5, 5.41) is 0. The Morgan fingerprint density at radius 1 is 1.57 bits per heavy atom. The first-order valence-electron chi connectivity index (χ1n) is 7.43. The molecule has 1 aromatic rings. The zero-order valence-electron chi connectivity index (χ0n) is 13.2. The number of aromatic nitrogens is 1. The molecule has 23 heavy (non-hydrogen) atoms. The van der Waals surface area contributed by atoms with Crippen LogP contribution in [-0.2, 0) is 14.3 Å². The van der Waals surface area contributed by atoms with Crippen LogP contribution in [-0.4, -0.2) is 79.1 Å². The Morgan fingerprint density at radius 3 is 3.09 bits per heavy atom. The van der Waals surface area contributed by atoms with Gasteiger partial charge in [-0.3, -0.25) is 19.5 Å². The molecule has 1 aliphatic heterocycles. The van der Waals surface area contributed by atoms with Crippen molar-refractivity contribution in [2.45, 2.75) is 6.10 Å². The van der Waals surface area contributed by atoms with E-state index in [4.69, 9.17) is 15.2 Å². The fourth-order valence-electron chi connectivity index (χ4n) is 2.40. The van der Waals surface area contributed by atoms with Crippen LogP contribution in [0.3, 0.4) is 0 Å². The van der Waals surface area contributed by atoms with E-state index in [2.05, 4.69) is 4.98 Å². The number of rotatable bonds is 7. The van der Waals surface area contributed by atoms with Gasteiger partial charge in [-0.05, 0) is 19.2 Å². The van der Waals surface area contributed by atoms with Crippen molar-refractivity contribution in [3.05, 3.63) is 24.5 Å². The van der Waals surface area contributed by atoms with Gasteiger partial charge in [0.1, 0.15) is 5.75 Å². The zero-order chi connectivity index (χ0) is 16.7. The fraction of sp³-hybridized carbons (Fsp3) is 0.533. The number of nitrogens with two attached hydrogens (primary N) is 1. The predicted molar refractivity (Wildman–Crippen MR) is 82.7 cm³/mol. The Balaban J connectivity index is 1.78. The summed E-state index contributed by atoms with van der Waals surface area (Å²) in [7, 11) is 1.79. The Labute approximate surface area is 135 Å². The molecule has 0 unspecified atom stereocenters. The van der Waals surface area contributed by atoms with Crippen LogP contribution in [0.1, 0.15) is 0 Å². The topological polar surface area (TPSA) is 98.0 Å². The number of morpholine rings is 1. The second-order valence-corrected chi connectivity index (χ2v) is 5.47. The number of ether oxygens (including phenoxy) is 2. The Morgan fingerprint density at radius 2 is 2.39 bits per heavy atom. The molecule has 1 saturated heterocycles. The molecule has 2 N–H and O–H groups in total. The van der Waals surface area contributed by atoms with E-state index in [-0.39, 0.29) is 31.1 Å². The van der Waals surface area contributed by atoms with Gasteiger partial charge in [0.05, 0.1) is 25.5 Å². The minimum absolute atomic E-state index is 0.0322. The van der Waals surface area contributed by atoms with Gasteiger partial charge in [-0.15, -0.1) is 0 Å². The summed E-state index contributed by atoms with van der Waals surface area (Å²) in [6.45, 7) is 2.14. The highest BCUT2D eigenvalue weighted by Gasteiger charge is 2.25. The molecule has 2 rings (SSSR count). The molecule has 2 heterocycles. The average Bonchev–Trinajstić information content (AvgIpc) is 2.53. The number of hydrogen-bond donors (Lipinski definition) is 1. The van der Waals surface area contributed by atoms with Gasteiger partial charge in [0.15, 0.2) is 6.61 Å². The van der Waals surface area contributed by atoms with E-state index in [0.717, 1.165) is 0 Å². The maximum atomic E-state index is 12.2. The third kappa shape index (κ3) is 5.84. The monoisotopic (exact) mass is 322 g/mol. The minimum Gasteiger partial charge on any atom is -0.482 e. The van der Waals surface area contributed by atoms with Crippen LogP contribution in [0.2, 0.25) is 0 Å². The van der Waals surface area contributed by atoms with Crippen LogP contribution in [0, 0.1) is 0 Å². The summed E-state index contributed by atoms with van der Waals surface area (Å²) in [6, 6.07) is 3.50. The lowest BCUT2D eigenvalue weighted by atomic mass is 10.2. The van der Waals surface area contributed by atoms with E-state index < -0.39 is 0 Å². The molecule has 1 aliphatic rings. The zero-order valence-corrected chi connectivity index (χ0v) is 13.2. The van der Waals surface area contributed by atoms with Crippen LogP contribution >= 0.6 is 0 Å². The number of hydrogen-bond acceptors (Lipinski definition) is 6. The first-order valence-corrected chi connectivity index (χ1v) is 7.43. The smallest absolute Gasteiger partial charge is 0.260 e. The van der Waals surface area contributed by atoms with E-state index in [1.807, 2.05) is 0 Å². The van der Waals surface area contributed by atoms with Crippen molar-refractivity contribution in [2.24, 2.45) is 5.73 Å². The van der Waals surface area contributed by atoms with Crippen LogP contribution in [0.25, 0.3) is 0 Å². The van der Waals surface area contributed by atoms with Crippen LogP contribution in [0.4, 0.5) is 0 Å². The van der Waals surface area contributed by atoms with Crippen molar-refractivity contribution in [1.29, 1.82) is 0 Å². The molecular weight excluding hydrogens is 300 g/mol. The average molecular weight is 322 g/mol. The van der Waals surface area contributed by atoms with Crippen molar-refractivity contribution in [3.63, 3.8) is 0 Å². The van der Waals surface area contributed by atoms with Crippen molar-refractivity contribution in [1.82, 2.24) is 14.8 Å². The number of carbonyl (C=O) groups excluding carboxylic acids is 2. The first-order chi connectivity index (χ1) is 11.0. The Bertz CT molecular complexity index is 525. The lowest BCUT2D eigenvalue weighted by molar-refractivity contribution is -0.141. The number of likely N-dealkylation sites (N-methyl/N-ethyl adjacent to an activating group) is 1. The van der Waals surface area contributed by atoms with E-state index in [0.29, 0.717) is 32.0 Å². The summed E-state index contributed by atoms with van der Waals surface area (Å²) in [5.41, 5.74) is 5.16. The van der Waals surface area contributed by atoms with Gasteiger partial charge in [0.25, 0.3) is 5.91 Å². The molecule has 8 nitrogen and oxygen atoms in total. The molecule has 126 valence electrons. The number of pyridine rings is 1. The number of primary amides is 1. The Hall–Kier alpha value is -2.19. The number of carbonyl (C=O) groups is 2. The normalized spacial score (nSPS) is 18.0. The van der Waals surface area contributed by atoms with Crippen molar-refractivity contribution < 1.29 is 19.1 Å². The molecule has 0 spiro atoms. The van der Waals surface area contributed by atoms with Crippen molar-refractivity contribution in [2.75, 3.05) is 46.4 Å². The van der Waals surface area contributed by atoms with Gasteiger partial charge in [-0.1, -0.05) is 0 Å². The summed E-state index contributed by atoms with van der Waals surface area (Å²) in [4.78, 5) is 30.5. The standard InChI is InChI=1S/C15H22N4O4/c1-18(10-14(16)20)8-13-9-19(5-6-22-13)15(21)11-23-12-3-2-4-17-7-12/h2-4,7,13H,5-6,8-11H2,1H3,(H2,16,20)/t13-/m0/s1. The van der Waals surface area contributed by atoms with Crippen LogP contribution < -0.4 is 10.5 Å². The summed E-state index contributed by atoms with van der Waals surface area (Å²) >= 11 is 0. The molecule has 0 bridgehead atoms. The summed E-state index contributed by atoms with van der Waals surface area (Å²) < 4.78 is 11.1. The van der Waals surface area contributed by atoms with Gasteiger partial charge < -0.3 is 20.1 Å². The predicted octanol–water partition coefficient (Wildman–Crippen LogP) is -0.895. The first kappa shape index (κ1) is 17.2. The molecule has 0 aromatic carbocycles. The maximum absolute atomic E-state index is 12.2. The van der Waals surface area contributed by atoms with Crippen molar-refractivity contribution >= 4 is 11.8 Å². The van der Waals surface area contributed by atoms with Gasteiger partial charge in [-0.25, -0.2) is 0 Å². The van der Waals surface area contributed by atoms with E-state index in [1.165, 1.54) is 0 Å². The largest absolute Gasteiger partial charge is 0.482 e. The van der Waals surface area contributed by atoms with Gasteiger partial charge in [-0.2, -0.15) is 0 Å². The lowest BCUT2D eigenvalue weighted by Gasteiger charge is -2.34. The van der Waals surface area contributed by atoms with Crippen molar-refractivity contribution in [3.8, 4) is 5.75 Å². The molecule has 2 amide bonds.